The van der Waals surface area contributed by atoms with Crippen molar-refractivity contribution in [2.45, 2.75) is 39.2 Å². The lowest BCUT2D eigenvalue weighted by Crippen LogP contribution is -2.51. The Labute approximate surface area is 90.6 Å². The van der Waals surface area contributed by atoms with Gasteiger partial charge in [-0.05, 0) is 19.3 Å². The van der Waals surface area contributed by atoms with Crippen LogP contribution in [0.1, 0.15) is 33.1 Å². The van der Waals surface area contributed by atoms with Crippen molar-refractivity contribution in [2.24, 2.45) is 5.41 Å². The smallest absolute Gasteiger partial charge is 0.409 e. The summed E-state index contributed by atoms with van der Waals surface area (Å²) in [7, 11) is 1.38. The summed E-state index contributed by atoms with van der Waals surface area (Å²) in [6, 6.07) is -0.0313. The summed E-state index contributed by atoms with van der Waals surface area (Å²) in [4.78, 5) is 24.2. The van der Waals surface area contributed by atoms with E-state index in [9.17, 15) is 9.59 Å². The van der Waals surface area contributed by atoms with Crippen molar-refractivity contribution in [1.29, 1.82) is 0 Å². The maximum atomic E-state index is 11.5. The van der Waals surface area contributed by atoms with Gasteiger partial charge in [-0.15, -0.1) is 0 Å². The van der Waals surface area contributed by atoms with Gasteiger partial charge >= 0.3 is 6.09 Å². The van der Waals surface area contributed by atoms with Gasteiger partial charge < -0.3 is 14.4 Å². The maximum absolute atomic E-state index is 11.5. The van der Waals surface area contributed by atoms with Crippen molar-refractivity contribution < 1.29 is 14.3 Å². The number of piperidine rings is 1. The Balaban J connectivity index is 2.82. The maximum Gasteiger partial charge on any atom is 0.409 e. The third kappa shape index (κ3) is 2.49. The fraction of sp³-hybridized carbons (Fsp3) is 0.818. The van der Waals surface area contributed by atoms with E-state index in [1.54, 1.807) is 4.90 Å². The molecule has 1 rings (SSSR count). The van der Waals surface area contributed by atoms with E-state index in [0.717, 1.165) is 25.5 Å². The summed E-state index contributed by atoms with van der Waals surface area (Å²) in [5, 5.41) is 0. The summed E-state index contributed by atoms with van der Waals surface area (Å²) in [6.07, 6.45) is 3.53. The molecule has 15 heavy (non-hydrogen) atoms. The van der Waals surface area contributed by atoms with Crippen LogP contribution in [0.4, 0.5) is 4.79 Å². The Morgan fingerprint density at radius 2 is 2.13 bits per heavy atom. The number of hydrogen-bond donors (Lipinski definition) is 0. The predicted molar refractivity (Wildman–Crippen MR) is 56.6 cm³/mol. The topological polar surface area (TPSA) is 46.6 Å². The standard InChI is InChI=1S/C11H19NO3/c1-11(2,8-13)9-6-4-5-7-12(9)10(14)15-3/h8-9H,4-7H2,1-3H3/t9-/m0/s1. The molecule has 0 N–H and O–H groups in total. The second-order valence-electron chi connectivity index (χ2n) is 4.61. The molecule has 0 radical (unpaired) electrons. The average Bonchev–Trinajstić information content (AvgIpc) is 2.28. The number of methoxy groups -OCH3 is 1. The molecule has 0 saturated carbocycles. The molecule has 0 bridgehead atoms. The number of carbonyl (C=O) groups is 2. The zero-order valence-corrected chi connectivity index (χ0v) is 9.66. The molecule has 1 amide bonds. The second kappa shape index (κ2) is 4.64. The lowest BCUT2D eigenvalue weighted by atomic mass is 9.80. The summed E-state index contributed by atoms with van der Waals surface area (Å²) in [6.45, 7) is 4.42. The number of rotatable bonds is 2. The van der Waals surface area contributed by atoms with Gasteiger partial charge in [0.1, 0.15) is 6.29 Å². The number of carbonyl (C=O) groups excluding carboxylic acids is 2. The molecule has 1 aliphatic rings. The highest BCUT2D eigenvalue weighted by molar-refractivity contribution is 5.70. The van der Waals surface area contributed by atoms with Crippen molar-refractivity contribution in [3.05, 3.63) is 0 Å². The molecular formula is C11H19NO3. The van der Waals surface area contributed by atoms with Gasteiger partial charge in [0.2, 0.25) is 0 Å². The highest BCUT2D eigenvalue weighted by atomic mass is 16.5. The van der Waals surface area contributed by atoms with Crippen LogP contribution in [0, 0.1) is 5.41 Å². The van der Waals surface area contributed by atoms with Gasteiger partial charge in [0.25, 0.3) is 0 Å². The summed E-state index contributed by atoms with van der Waals surface area (Å²) in [5.41, 5.74) is -0.491. The third-order valence-corrected chi connectivity index (χ3v) is 3.07. The first-order valence-corrected chi connectivity index (χ1v) is 5.34. The second-order valence-corrected chi connectivity index (χ2v) is 4.61. The summed E-state index contributed by atoms with van der Waals surface area (Å²) in [5.74, 6) is 0. The van der Waals surface area contributed by atoms with Crippen LogP contribution < -0.4 is 0 Å². The molecule has 0 aromatic rings. The minimum atomic E-state index is -0.491. The lowest BCUT2D eigenvalue weighted by Gasteiger charge is -2.41. The predicted octanol–water partition coefficient (Wildman–Crippen LogP) is 1.83. The number of aldehydes is 1. The van der Waals surface area contributed by atoms with Gasteiger partial charge in [-0.25, -0.2) is 4.79 Å². The van der Waals surface area contributed by atoms with E-state index in [-0.39, 0.29) is 12.1 Å². The molecule has 1 atom stereocenters. The first-order chi connectivity index (χ1) is 7.03. The van der Waals surface area contributed by atoms with E-state index >= 15 is 0 Å². The zero-order chi connectivity index (χ0) is 11.5. The van der Waals surface area contributed by atoms with Crippen molar-refractivity contribution in [1.82, 2.24) is 4.90 Å². The highest BCUT2D eigenvalue weighted by Crippen LogP contribution is 2.31. The molecule has 1 heterocycles. The first kappa shape index (κ1) is 12.0. The Morgan fingerprint density at radius 3 is 2.67 bits per heavy atom. The zero-order valence-electron chi connectivity index (χ0n) is 9.66. The lowest BCUT2D eigenvalue weighted by molar-refractivity contribution is -0.118. The molecule has 4 heteroatoms. The monoisotopic (exact) mass is 213 g/mol. The molecule has 4 nitrogen and oxygen atoms in total. The molecule has 0 spiro atoms. The summed E-state index contributed by atoms with van der Waals surface area (Å²) >= 11 is 0. The van der Waals surface area contributed by atoms with Crippen LogP contribution in [0.25, 0.3) is 0 Å². The molecule has 0 unspecified atom stereocenters. The summed E-state index contributed by atoms with van der Waals surface area (Å²) < 4.78 is 4.73. The Morgan fingerprint density at radius 1 is 1.47 bits per heavy atom. The Bertz CT molecular complexity index is 250. The largest absolute Gasteiger partial charge is 0.453 e. The van der Waals surface area contributed by atoms with E-state index < -0.39 is 5.41 Å². The van der Waals surface area contributed by atoms with E-state index in [4.69, 9.17) is 4.74 Å². The number of likely N-dealkylation sites (tertiary alicyclic amines) is 1. The van der Waals surface area contributed by atoms with Gasteiger partial charge in [0.05, 0.1) is 7.11 Å². The Kier molecular flexibility index (Phi) is 3.72. The van der Waals surface area contributed by atoms with E-state index in [2.05, 4.69) is 0 Å². The molecule has 1 aliphatic heterocycles. The minimum absolute atomic E-state index is 0.0313. The first-order valence-electron chi connectivity index (χ1n) is 5.34. The Hall–Kier alpha value is -1.06. The van der Waals surface area contributed by atoms with Crippen LogP contribution in [0.3, 0.4) is 0 Å². The highest BCUT2D eigenvalue weighted by Gasteiger charge is 2.38. The van der Waals surface area contributed by atoms with Gasteiger partial charge in [0, 0.05) is 18.0 Å². The van der Waals surface area contributed by atoms with Crippen molar-refractivity contribution in [3.8, 4) is 0 Å². The average molecular weight is 213 g/mol. The van der Waals surface area contributed by atoms with Crippen molar-refractivity contribution >= 4 is 12.4 Å². The van der Waals surface area contributed by atoms with Crippen LogP contribution in [-0.4, -0.2) is 37.0 Å². The SMILES string of the molecule is COC(=O)N1CCCC[C@H]1C(C)(C)C=O. The van der Waals surface area contributed by atoms with Gasteiger partial charge in [-0.3, -0.25) is 0 Å². The number of nitrogens with zero attached hydrogens (tertiary/aromatic N) is 1. The molecule has 1 saturated heterocycles. The number of hydrogen-bond acceptors (Lipinski definition) is 3. The van der Waals surface area contributed by atoms with Gasteiger partial charge in [0.15, 0.2) is 0 Å². The van der Waals surface area contributed by atoms with Crippen molar-refractivity contribution in [3.63, 3.8) is 0 Å². The third-order valence-electron chi connectivity index (χ3n) is 3.07. The van der Waals surface area contributed by atoms with Gasteiger partial charge in [-0.1, -0.05) is 13.8 Å². The van der Waals surface area contributed by atoms with Crippen LogP contribution >= 0.6 is 0 Å². The minimum Gasteiger partial charge on any atom is -0.453 e. The van der Waals surface area contributed by atoms with E-state index in [1.165, 1.54) is 7.11 Å². The van der Waals surface area contributed by atoms with E-state index in [1.807, 2.05) is 13.8 Å². The van der Waals surface area contributed by atoms with Crippen molar-refractivity contribution in [2.75, 3.05) is 13.7 Å². The van der Waals surface area contributed by atoms with Gasteiger partial charge in [-0.2, -0.15) is 0 Å². The normalized spacial score (nSPS) is 22.3. The van der Waals surface area contributed by atoms with Crippen LogP contribution in [-0.2, 0) is 9.53 Å². The quantitative estimate of drug-likeness (QED) is 0.657. The van der Waals surface area contributed by atoms with Crippen LogP contribution in [0.15, 0.2) is 0 Å². The fourth-order valence-electron chi connectivity index (χ4n) is 2.12. The molecular weight excluding hydrogens is 194 g/mol. The molecule has 0 aromatic heterocycles. The van der Waals surface area contributed by atoms with Crippen LogP contribution in [0.2, 0.25) is 0 Å². The fourth-order valence-corrected chi connectivity index (χ4v) is 2.12. The number of amides is 1. The molecule has 1 fully saturated rings. The molecule has 86 valence electrons. The number of ether oxygens (including phenoxy) is 1. The van der Waals surface area contributed by atoms with E-state index in [0.29, 0.717) is 6.54 Å². The molecule has 0 aliphatic carbocycles. The molecule has 0 aromatic carbocycles. The van der Waals surface area contributed by atoms with Crippen LogP contribution in [0.5, 0.6) is 0 Å².